The van der Waals surface area contributed by atoms with E-state index in [1.54, 1.807) is 17.1 Å². The van der Waals surface area contributed by atoms with Gasteiger partial charge in [0.2, 0.25) is 0 Å². The van der Waals surface area contributed by atoms with E-state index < -0.39 is 0 Å². The number of carbonyl (C=O) groups is 1. The fourth-order valence-electron chi connectivity index (χ4n) is 1.26. The largest absolute Gasteiger partial charge is 0.469 e. The fourth-order valence-corrected chi connectivity index (χ4v) is 1.26. The van der Waals surface area contributed by atoms with Crippen LogP contribution in [0.1, 0.15) is 18.4 Å². The van der Waals surface area contributed by atoms with Crippen LogP contribution in [0.4, 0.5) is 0 Å². The van der Waals surface area contributed by atoms with Crippen molar-refractivity contribution < 1.29 is 9.53 Å². The van der Waals surface area contributed by atoms with Crippen molar-refractivity contribution in [2.24, 2.45) is 0 Å². The van der Waals surface area contributed by atoms with Gasteiger partial charge in [0.15, 0.2) is 0 Å². The van der Waals surface area contributed by atoms with Gasteiger partial charge < -0.3 is 10.1 Å². The molecular formula is C11H17N3O2. The van der Waals surface area contributed by atoms with E-state index in [1.807, 2.05) is 6.20 Å². The Balaban J connectivity index is 2.11. The third-order valence-electron chi connectivity index (χ3n) is 2.13. The number of hydrogen-bond acceptors (Lipinski definition) is 4. The topological polar surface area (TPSA) is 56.2 Å². The van der Waals surface area contributed by atoms with Crippen LogP contribution in [0.2, 0.25) is 0 Å². The molecule has 0 unspecified atom stereocenters. The summed E-state index contributed by atoms with van der Waals surface area (Å²) in [4.78, 5) is 10.8. The van der Waals surface area contributed by atoms with Crippen LogP contribution in [0.3, 0.4) is 0 Å². The van der Waals surface area contributed by atoms with E-state index in [0.29, 0.717) is 6.42 Å². The zero-order valence-corrected chi connectivity index (χ0v) is 9.48. The van der Waals surface area contributed by atoms with E-state index in [9.17, 15) is 4.79 Å². The van der Waals surface area contributed by atoms with Gasteiger partial charge >= 0.3 is 5.97 Å². The molecule has 0 aliphatic heterocycles. The van der Waals surface area contributed by atoms with E-state index >= 15 is 0 Å². The summed E-state index contributed by atoms with van der Waals surface area (Å²) in [6, 6.07) is 0. The van der Waals surface area contributed by atoms with Gasteiger partial charge in [-0.15, -0.1) is 0 Å². The molecule has 1 N–H and O–H groups in total. The summed E-state index contributed by atoms with van der Waals surface area (Å²) in [5.74, 6) is -0.165. The van der Waals surface area contributed by atoms with Crippen LogP contribution in [0.15, 0.2) is 19.0 Å². The Morgan fingerprint density at radius 3 is 3.19 bits per heavy atom. The lowest BCUT2D eigenvalue weighted by molar-refractivity contribution is -0.140. The number of hydrogen-bond donors (Lipinski definition) is 1. The second-order valence-electron chi connectivity index (χ2n) is 3.37. The lowest BCUT2D eigenvalue weighted by Gasteiger charge is -2.01. The van der Waals surface area contributed by atoms with Gasteiger partial charge in [0, 0.05) is 30.9 Å². The third-order valence-corrected chi connectivity index (χ3v) is 2.13. The van der Waals surface area contributed by atoms with Gasteiger partial charge in [-0.2, -0.15) is 5.10 Å². The molecule has 0 bridgehead atoms. The van der Waals surface area contributed by atoms with Gasteiger partial charge in [-0.3, -0.25) is 4.79 Å². The lowest BCUT2D eigenvalue weighted by atomic mass is 10.3. The molecular weight excluding hydrogens is 206 g/mol. The van der Waals surface area contributed by atoms with Crippen molar-refractivity contribution in [3.8, 4) is 0 Å². The highest BCUT2D eigenvalue weighted by Crippen LogP contribution is 1.97. The molecule has 5 nitrogen and oxygen atoms in total. The molecule has 0 aromatic carbocycles. The average molecular weight is 223 g/mol. The number of ether oxygens (including phenoxy) is 1. The molecule has 0 saturated heterocycles. The monoisotopic (exact) mass is 223 g/mol. The van der Waals surface area contributed by atoms with Gasteiger partial charge in [-0.05, 0) is 13.0 Å². The molecule has 0 atom stereocenters. The second kappa shape index (κ2) is 6.79. The van der Waals surface area contributed by atoms with Crippen molar-refractivity contribution in [2.45, 2.75) is 19.4 Å². The van der Waals surface area contributed by atoms with E-state index in [2.05, 4.69) is 21.7 Å². The van der Waals surface area contributed by atoms with Crippen LogP contribution < -0.4 is 5.32 Å². The molecule has 0 aliphatic carbocycles. The summed E-state index contributed by atoms with van der Waals surface area (Å²) in [5.41, 5.74) is 1.10. The van der Waals surface area contributed by atoms with Crippen molar-refractivity contribution in [3.05, 3.63) is 24.5 Å². The SMILES string of the molecule is C=Cn1cc(CNCCCC(=O)OC)cn1. The van der Waals surface area contributed by atoms with Gasteiger partial charge in [0.25, 0.3) is 0 Å². The molecule has 1 rings (SSSR count). The number of methoxy groups -OCH3 is 1. The van der Waals surface area contributed by atoms with Crippen LogP contribution in [0.5, 0.6) is 0 Å². The number of rotatable bonds is 7. The average Bonchev–Trinajstić information content (AvgIpc) is 2.76. The first-order valence-electron chi connectivity index (χ1n) is 5.19. The van der Waals surface area contributed by atoms with Crippen LogP contribution in [0.25, 0.3) is 6.20 Å². The Bertz CT molecular complexity index is 347. The lowest BCUT2D eigenvalue weighted by Crippen LogP contribution is -2.15. The summed E-state index contributed by atoms with van der Waals surface area (Å²) in [7, 11) is 1.40. The Morgan fingerprint density at radius 2 is 2.56 bits per heavy atom. The molecule has 0 spiro atoms. The van der Waals surface area contributed by atoms with E-state index in [1.165, 1.54) is 7.11 Å². The second-order valence-corrected chi connectivity index (χ2v) is 3.37. The van der Waals surface area contributed by atoms with E-state index in [4.69, 9.17) is 0 Å². The van der Waals surface area contributed by atoms with Crippen LogP contribution in [-0.4, -0.2) is 29.4 Å². The fraction of sp³-hybridized carbons (Fsp3) is 0.455. The van der Waals surface area contributed by atoms with E-state index in [-0.39, 0.29) is 5.97 Å². The van der Waals surface area contributed by atoms with Gasteiger partial charge in [-0.1, -0.05) is 6.58 Å². The van der Waals surface area contributed by atoms with Crippen molar-refractivity contribution in [2.75, 3.05) is 13.7 Å². The standard InChI is InChI=1S/C11H17N3O2/c1-3-14-9-10(8-13-14)7-12-6-4-5-11(15)16-2/h3,8-9,12H,1,4-7H2,2H3. The predicted octanol–water partition coefficient (Wildman–Crippen LogP) is 1.03. The van der Waals surface area contributed by atoms with Gasteiger partial charge in [-0.25, -0.2) is 4.68 Å². The minimum atomic E-state index is -0.165. The highest BCUT2D eigenvalue weighted by Gasteiger charge is 1.99. The maximum absolute atomic E-state index is 10.8. The molecule has 0 amide bonds. The maximum Gasteiger partial charge on any atom is 0.305 e. The number of carbonyl (C=O) groups excluding carboxylic acids is 1. The molecule has 1 aromatic rings. The highest BCUT2D eigenvalue weighted by atomic mass is 16.5. The van der Waals surface area contributed by atoms with Crippen molar-refractivity contribution in [3.63, 3.8) is 0 Å². The van der Waals surface area contributed by atoms with Crippen molar-refractivity contribution in [1.82, 2.24) is 15.1 Å². The Labute approximate surface area is 95.1 Å². The zero-order valence-electron chi connectivity index (χ0n) is 9.48. The number of esters is 1. The molecule has 1 heterocycles. The molecule has 88 valence electrons. The molecule has 1 aromatic heterocycles. The smallest absolute Gasteiger partial charge is 0.305 e. The van der Waals surface area contributed by atoms with Crippen LogP contribution in [-0.2, 0) is 16.1 Å². The summed E-state index contributed by atoms with van der Waals surface area (Å²) >= 11 is 0. The van der Waals surface area contributed by atoms with E-state index in [0.717, 1.165) is 25.1 Å². The van der Waals surface area contributed by atoms with Gasteiger partial charge in [0.05, 0.1) is 13.3 Å². The Kier molecular flexibility index (Phi) is 5.28. The molecule has 5 heteroatoms. The normalized spacial score (nSPS) is 10.1. The minimum absolute atomic E-state index is 0.165. The van der Waals surface area contributed by atoms with Crippen molar-refractivity contribution in [1.29, 1.82) is 0 Å². The molecule has 0 radical (unpaired) electrons. The first kappa shape index (κ1) is 12.4. The zero-order chi connectivity index (χ0) is 11.8. The highest BCUT2D eigenvalue weighted by molar-refractivity contribution is 5.69. The Hall–Kier alpha value is -1.62. The predicted molar refractivity (Wildman–Crippen MR) is 61.6 cm³/mol. The minimum Gasteiger partial charge on any atom is -0.469 e. The number of nitrogens with zero attached hydrogens (tertiary/aromatic N) is 2. The summed E-state index contributed by atoms with van der Waals surface area (Å²) < 4.78 is 6.20. The summed E-state index contributed by atoms with van der Waals surface area (Å²) in [5, 5.41) is 7.28. The first-order valence-corrected chi connectivity index (χ1v) is 5.19. The summed E-state index contributed by atoms with van der Waals surface area (Å²) in [6.45, 7) is 5.14. The molecule has 16 heavy (non-hydrogen) atoms. The molecule has 0 aliphatic rings. The van der Waals surface area contributed by atoms with Crippen LogP contribution >= 0.6 is 0 Å². The molecule has 0 saturated carbocycles. The number of nitrogens with one attached hydrogen (secondary N) is 1. The van der Waals surface area contributed by atoms with Crippen molar-refractivity contribution >= 4 is 12.2 Å². The number of aromatic nitrogens is 2. The third kappa shape index (κ3) is 4.27. The molecule has 0 fully saturated rings. The van der Waals surface area contributed by atoms with Gasteiger partial charge in [0.1, 0.15) is 0 Å². The quantitative estimate of drug-likeness (QED) is 0.554. The summed E-state index contributed by atoms with van der Waals surface area (Å²) in [6.07, 6.45) is 6.56. The first-order chi connectivity index (χ1) is 7.76. The van der Waals surface area contributed by atoms with Crippen LogP contribution in [0, 0.1) is 0 Å². The maximum atomic E-state index is 10.8. The Morgan fingerprint density at radius 1 is 1.75 bits per heavy atom.